The maximum absolute atomic E-state index is 12.6. The highest BCUT2D eigenvalue weighted by Gasteiger charge is 2.37. The van der Waals surface area contributed by atoms with Crippen LogP contribution < -0.4 is 9.46 Å². The van der Waals surface area contributed by atoms with Crippen molar-refractivity contribution in [2.45, 2.75) is 36.0 Å². The van der Waals surface area contributed by atoms with E-state index in [1.54, 1.807) is 17.4 Å². The Kier molecular flexibility index (Phi) is 5.20. The molecule has 2 aromatic rings. The Hall–Kier alpha value is -1.08. The molecule has 0 radical (unpaired) electrons. The molecular formula is C17H20ClNO3S2. The number of halogens is 1. The molecule has 0 atom stereocenters. The van der Waals surface area contributed by atoms with Gasteiger partial charge in [0, 0.05) is 16.8 Å². The SMILES string of the molecule is COc1ccc(S(=O)(=O)NCC2(c3cccs3)CCCC2)cc1Cl. The van der Waals surface area contributed by atoms with Crippen molar-refractivity contribution >= 4 is 33.0 Å². The minimum absolute atomic E-state index is 0.0858. The fourth-order valence-corrected chi connectivity index (χ4v) is 5.74. The lowest BCUT2D eigenvalue weighted by Crippen LogP contribution is -2.38. The zero-order valence-corrected chi connectivity index (χ0v) is 15.8. The van der Waals surface area contributed by atoms with Crippen LogP contribution in [0.2, 0.25) is 5.02 Å². The third-order valence-corrected chi connectivity index (χ3v) is 7.45. The molecule has 1 saturated carbocycles. The first-order valence-corrected chi connectivity index (χ1v) is 10.6. The van der Waals surface area contributed by atoms with Crippen molar-refractivity contribution in [1.82, 2.24) is 4.72 Å². The lowest BCUT2D eigenvalue weighted by atomic mass is 9.85. The Labute approximate surface area is 151 Å². The van der Waals surface area contributed by atoms with E-state index < -0.39 is 10.0 Å². The molecule has 1 heterocycles. The minimum Gasteiger partial charge on any atom is -0.495 e. The van der Waals surface area contributed by atoms with Gasteiger partial charge in [-0.15, -0.1) is 11.3 Å². The summed E-state index contributed by atoms with van der Waals surface area (Å²) in [5.74, 6) is 0.460. The van der Waals surface area contributed by atoms with Crippen LogP contribution in [0.3, 0.4) is 0 Å². The van der Waals surface area contributed by atoms with Crippen LogP contribution in [-0.2, 0) is 15.4 Å². The molecule has 0 aliphatic heterocycles. The normalized spacial score (nSPS) is 17.1. The molecule has 1 aliphatic rings. The monoisotopic (exact) mass is 385 g/mol. The second kappa shape index (κ2) is 7.04. The van der Waals surface area contributed by atoms with Crippen LogP contribution in [0, 0.1) is 0 Å². The summed E-state index contributed by atoms with van der Waals surface area (Å²) in [5.41, 5.74) is -0.0858. The second-order valence-corrected chi connectivity index (χ2v) is 9.21. The van der Waals surface area contributed by atoms with E-state index in [4.69, 9.17) is 16.3 Å². The number of nitrogens with one attached hydrogen (secondary N) is 1. The molecule has 0 spiro atoms. The zero-order valence-electron chi connectivity index (χ0n) is 13.4. The maximum Gasteiger partial charge on any atom is 0.240 e. The van der Waals surface area contributed by atoms with E-state index in [0.29, 0.717) is 12.3 Å². The standard InChI is InChI=1S/C17H20ClNO3S2/c1-22-15-7-6-13(11-14(15)18)24(20,21)19-12-17(8-2-3-9-17)16-5-4-10-23-16/h4-7,10-11,19H,2-3,8-9,12H2,1H3. The average Bonchev–Trinajstić information content (AvgIpc) is 3.25. The minimum atomic E-state index is -3.61. The molecule has 3 rings (SSSR count). The summed E-state index contributed by atoms with van der Waals surface area (Å²) >= 11 is 7.76. The Balaban J connectivity index is 1.80. The van der Waals surface area contributed by atoms with Gasteiger partial charge in [-0.2, -0.15) is 0 Å². The van der Waals surface area contributed by atoms with Gasteiger partial charge in [0.1, 0.15) is 5.75 Å². The predicted octanol–water partition coefficient (Wildman–Crippen LogP) is 4.20. The molecule has 1 fully saturated rings. The summed E-state index contributed by atoms with van der Waals surface area (Å²) in [6.45, 7) is 0.416. The Morgan fingerprint density at radius 1 is 1.29 bits per heavy atom. The number of benzene rings is 1. The number of sulfonamides is 1. The molecule has 0 bridgehead atoms. The van der Waals surface area contributed by atoms with Crippen molar-refractivity contribution in [3.05, 3.63) is 45.6 Å². The number of thiophene rings is 1. The molecule has 1 aliphatic carbocycles. The number of ether oxygens (including phenoxy) is 1. The van der Waals surface area contributed by atoms with Gasteiger partial charge in [-0.3, -0.25) is 0 Å². The summed E-state index contributed by atoms with van der Waals surface area (Å²) in [5, 5.41) is 2.34. The van der Waals surface area contributed by atoms with Crippen LogP contribution in [0.25, 0.3) is 0 Å². The van der Waals surface area contributed by atoms with Crippen molar-refractivity contribution in [1.29, 1.82) is 0 Å². The number of rotatable bonds is 6. The molecule has 1 aromatic carbocycles. The van der Waals surface area contributed by atoms with Crippen LogP contribution in [0.1, 0.15) is 30.6 Å². The highest BCUT2D eigenvalue weighted by molar-refractivity contribution is 7.89. The van der Waals surface area contributed by atoms with Gasteiger partial charge in [0.2, 0.25) is 10.0 Å². The predicted molar refractivity (Wildman–Crippen MR) is 97.7 cm³/mol. The largest absolute Gasteiger partial charge is 0.495 e. The van der Waals surface area contributed by atoms with Gasteiger partial charge >= 0.3 is 0 Å². The Bertz CT molecular complexity index is 797. The molecule has 0 amide bonds. The molecule has 0 unspecified atom stereocenters. The third kappa shape index (κ3) is 3.47. The van der Waals surface area contributed by atoms with E-state index >= 15 is 0 Å². The van der Waals surface area contributed by atoms with Gasteiger partial charge in [0.25, 0.3) is 0 Å². The van der Waals surface area contributed by atoms with E-state index in [9.17, 15) is 8.42 Å². The van der Waals surface area contributed by atoms with Crippen molar-refractivity contribution in [3.8, 4) is 5.75 Å². The first kappa shape index (κ1) is 17.7. The van der Waals surface area contributed by atoms with Crippen LogP contribution in [-0.4, -0.2) is 22.1 Å². The zero-order chi connectivity index (χ0) is 17.2. The molecule has 1 N–H and O–H groups in total. The first-order chi connectivity index (χ1) is 11.5. The van der Waals surface area contributed by atoms with E-state index in [2.05, 4.69) is 10.8 Å². The van der Waals surface area contributed by atoms with Crippen LogP contribution in [0.5, 0.6) is 5.75 Å². The van der Waals surface area contributed by atoms with E-state index in [-0.39, 0.29) is 15.3 Å². The molecule has 0 saturated heterocycles. The highest BCUT2D eigenvalue weighted by Crippen LogP contribution is 2.42. The van der Waals surface area contributed by atoms with Crippen LogP contribution >= 0.6 is 22.9 Å². The van der Waals surface area contributed by atoms with Crippen molar-refractivity contribution in [2.24, 2.45) is 0 Å². The van der Waals surface area contributed by atoms with Crippen LogP contribution in [0.4, 0.5) is 0 Å². The van der Waals surface area contributed by atoms with Crippen molar-refractivity contribution < 1.29 is 13.2 Å². The Morgan fingerprint density at radius 3 is 2.62 bits per heavy atom. The van der Waals surface area contributed by atoms with Gasteiger partial charge in [-0.25, -0.2) is 13.1 Å². The second-order valence-electron chi connectivity index (χ2n) is 6.09. The first-order valence-electron chi connectivity index (χ1n) is 7.84. The molecule has 1 aromatic heterocycles. The fourth-order valence-electron chi connectivity index (χ4n) is 3.27. The average molecular weight is 386 g/mol. The summed E-state index contributed by atoms with van der Waals surface area (Å²) in [6.07, 6.45) is 4.29. The lowest BCUT2D eigenvalue weighted by Gasteiger charge is -2.28. The van der Waals surface area contributed by atoms with Crippen molar-refractivity contribution in [3.63, 3.8) is 0 Å². The summed E-state index contributed by atoms with van der Waals surface area (Å²) in [6, 6.07) is 8.64. The molecular weight excluding hydrogens is 366 g/mol. The maximum atomic E-state index is 12.6. The highest BCUT2D eigenvalue weighted by atomic mass is 35.5. The van der Waals surface area contributed by atoms with E-state index in [1.807, 2.05) is 11.4 Å². The van der Waals surface area contributed by atoms with Crippen molar-refractivity contribution in [2.75, 3.05) is 13.7 Å². The van der Waals surface area contributed by atoms with Gasteiger partial charge in [-0.1, -0.05) is 30.5 Å². The quantitative estimate of drug-likeness (QED) is 0.810. The Morgan fingerprint density at radius 2 is 2.04 bits per heavy atom. The topological polar surface area (TPSA) is 55.4 Å². The smallest absolute Gasteiger partial charge is 0.240 e. The van der Waals surface area contributed by atoms with Gasteiger partial charge in [0.15, 0.2) is 0 Å². The lowest BCUT2D eigenvalue weighted by molar-refractivity contribution is 0.414. The molecule has 24 heavy (non-hydrogen) atoms. The van der Waals surface area contributed by atoms with E-state index in [0.717, 1.165) is 25.7 Å². The molecule has 130 valence electrons. The fraction of sp³-hybridized carbons (Fsp3) is 0.412. The third-order valence-electron chi connectivity index (χ3n) is 4.64. The van der Waals surface area contributed by atoms with Gasteiger partial charge < -0.3 is 4.74 Å². The summed E-state index contributed by atoms with van der Waals surface area (Å²) < 4.78 is 33.2. The molecule has 4 nitrogen and oxygen atoms in total. The van der Waals surface area contributed by atoms with Gasteiger partial charge in [-0.05, 0) is 42.5 Å². The van der Waals surface area contributed by atoms with Crippen LogP contribution in [0.15, 0.2) is 40.6 Å². The number of methoxy groups -OCH3 is 1. The summed E-state index contributed by atoms with van der Waals surface area (Å²) in [4.78, 5) is 1.42. The molecule has 7 heteroatoms. The summed E-state index contributed by atoms with van der Waals surface area (Å²) in [7, 11) is -2.11. The number of hydrogen-bond acceptors (Lipinski definition) is 4. The number of hydrogen-bond donors (Lipinski definition) is 1. The van der Waals surface area contributed by atoms with Gasteiger partial charge in [0.05, 0.1) is 17.0 Å². The van der Waals surface area contributed by atoms with E-state index in [1.165, 1.54) is 24.1 Å².